The zero-order valence-electron chi connectivity index (χ0n) is 10.1. The van der Waals surface area contributed by atoms with Crippen molar-refractivity contribution in [2.45, 2.75) is 0 Å². The largest absolute Gasteiger partial charge is 0.730 e. The van der Waals surface area contributed by atoms with Crippen LogP contribution in [0.4, 0.5) is 11.6 Å². The Morgan fingerprint density at radius 3 is 2.17 bits per heavy atom. The Morgan fingerprint density at radius 1 is 1.00 bits per heavy atom. The summed E-state index contributed by atoms with van der Waals surface area (Å²) in [7, 11) is 0. The molecule has 0 aliphatic carbocycles. The van der Waals surface area contributed by atoms with Gasteiger partial charge in [0.25, 0.3) is 11.6 Å². The molecule has 1 aromatic heterocycles. The van der Waals surface area contributed by atoms with Gasteiger partial charge in [-0.05, 0) is 4.37 Å². The minimum Gasteiger partial charge on any atom is -0.730 e. The summed E-state index contributed by atoms with van der Waals surface area (Å²) in [5.74, 6) is 1.46. The summed E-state index contributed by atoms with van der Waals surface area (Å²) >= 11 is 0.964. The Morgan fingerprint density at radius 2 is 1.56 bits per heavy atom. The number of morpholine rings is 2. The molecule has 2 saturated heterocycles. The molecule has 0 unspecified atom stereocenters. The molecular formula is C10H16N4O3S. The van der Waals surface area contributed by atoms with E-state index in [9.17, 15) is 5.21 Å². The van der Waals surface area contributed by atoms with E-state index in [4.69, 9.17) is 9.47 Å². The molecule has 3 rings (SSSR count). The van der Waals surface area contributed by atoms with Crippen molar-refractivity contribution in [3.05, 3.63) is 5.21 Å². The first-order valence-corrected chi connectivity index (χ1v) is 6.84. The number of ether oxygens (including phenoxy) is 2. The average molecular weight is 272 g/mol. The van der Waals surface area contributed by atoms with E-state index >= 15 is 0 Å². The first-order chi connectivity index (χ1) is 8.86. The SMILES string of the molecule is [O-][n+]1snc(N2CCOCC2)c1N1CCOCC1. The van der Waals surface area contributed by atoms with Crippen LogP contribution in [0.15, 0.2) is 0 Å². The summed E-state index contributed by atoms with van der Waals surface area (Å²) in [6.07, 6.45) is 0. The second-order valence-electron chi connectivity index (χ2n) is 4.28. The number of aromatic nitrogens is 2. The Kier molecular flexibility index (Phi) is 3.48. The lowest BCUT2D eigenvalue weighted by atomic mass is 10.3. The van der Waals surface area contributed by atoms with Crippen molar-refractivity contribution in [3.8, 4) is 0 Å². The quantitative estimate of drug-likeness (QED) is 0.532. The van der Waals surface area contributed by atoms with Gasteiger partial charge in [-0.15, -0.1) is 0 Å². The summed E-state index contributed by atoms with van der Waals surface area (Å²) in [5, 5.41) is 11.9. The van der Waals surface area contributed by atoms with Crippen LogP contribution in [-0.4, -0.2) is 57.0 Å². The van der Waals surface area contributed by atoms with Crippen molar-refractivity contribution in [2.75, 3.05) is 62.4 Å². The van der Waals surface area contributed by atoms with Gasteiger partial charge in [-0.25, -0.2) is 0 Å². The molecule has 0 saturated carbocycles. The third-order valence-electron chi connectivity index (χ3n) is 3.20. The van der Waals surface area contributed by atoms with Gasteiger partial charge in [-0.2, -0.15) is 4.12 Å². The van der Waals surface area contributed by atoms with Crippen LogP contribution in [-0.2, 0) is 9.47 Å². The van der Waals surface area contributed by atoms with E-state index in [1.165, 1.54) is 0 Å². The molecule has 1 aromatic rings. The fourth-order valence-electron chi connectivity index (χ4n) is 2.24. The molecule has 0 N–H and O–H groups in total. The van der Waals surface area contributed by atoms with E-state index in [-0.39, 0.29) is 0 Å². The average Bonchev–Trinajstić information content (AvgIpc) is 2.83. The first-order valence-electron chi connectivity index (χ1n) is 6.11. The molecule has 2 aliphatic rings. The highest BCUT2D eigenvalue weighted by atomic mass is 32.1. The molecule has 18 heavy (non-hydrogen) atoms. The second-order valence-corrected chi connectivity index (χ2v) is 4.95. The van der Waals surface area contributed by atoms with Crippen LogP contribution in [0.5, 0.6) is 0 Å². The molecule has 0 radical (unpaired) electrons. The third-order valence-corrected chi connectivity index (χ3v) is 3.77. The van der Waals surface area contributed by atoms with Crippen molar-refractivity contribution in [1.29, 1.82) is 0 Å². The molecule has 7 nitrogen and oxygen atoms in total. The molecule has 0 amide bonds. The van der Waals surface area contributed by atoms with Crippen LogP contribution in [0, 0.1) is 5.21 Å². The maximum Gasteiger partial charge on any atom is 0.297 e. The van der Waals surface area contributed by atoms with Crippen LogP contribution < -0.4 is 13.9 Å². The smallest absolute Gasteiger partial charge is 0.297 e. The highest BCUT2D eigenvalue weighted by molar-refractivity contribution is 6.95. The van der Waals surface area contributed by atoms with Crippen LogP contribution in [0.3, 0.4) is 0 Å². The van der Waals surface area contributed by atoms with E-state index < -0.39 is 0 Å². The number of rotatable bonds is 2. The Bertz CT molecular complexity index is 402. The van der Waals surface area contributed by atoms with Crippen molar-refractivity contribution < 1.29 is 13.6 Å². The monoisotopic (exact) mass is 272 g/mol. The fraction of sp³-hybridized carbons (Fsp3) is 0.800. The molecular weight excluding hydrogens is 256 g/mol. The summed E-state index contributed by atoms with van der Waals surface area (Å²) in [6.45, 7) is 5.80. The Balaban J connectivity index is 1.85. The Labute approximate surface area is 109 Å². The minimum absolute atomic E-state index is 0.665. The lowest BCUT2D eigenvalue weighted by Crippen LogP contribution is -2.44. The summed E-state index contributed by atoms with van der Waals surface area (Å²) < 4.78 is 15.8. The lowest BCUT2D eigenvalue weighted by Gasteiger charge is -2.29. The first kappa shape index (κ1) is 11.9. The maximum absolute atomic E-state index is 11.9. The molecule has 0 atom stereocenters. The van der Waals surface area contributed by atoms with E-state index in [1.54, 1.807) is 0 Å². The van der Waals surface area contributed by atoms with Crippen LogP contribution in [0.1, 0.15) is 0 Å². The summed E-state index contributed by atoms with van der Waals surface area (Å²) in [6, 6.07) is 0. The fourth-order valence-corrected chi connectivity index (χ4v) is 2.87. The molecule has 2 fully saturated rings. The predicted molar refractivity (Wildman–Crippen MR) is 67.1 cm³/mol. The minimum atomic E-state index is 0.665. The van der Waals surface area contributed by atoms with Crippen molar-refractivity contribution >= 4 is 23.4 Å². The van der Waals surface area contributed by atoms with Gasteiger partial charge in [-0.1, -0.05) is 0 Å². The van der Waals surface area contributed by atoms with Crippen molar-refractivity contribution in [3.63, 3.8) is 0 Å². The molecule has 2 aliphatic heterocycles. The number of anilines is 2. The maximum atomic E-state index is 11.9. The number of nitrogens with zero attached hydrogens (tertiary/aromatic N) is 4. The zero-order valence-corrected chi connectivity index (χ0v) is 10.9. The second kappa shape index (κ2) is 5.25. The molecule has 3 heterocycles. The molecule has 0 aromatic carbocycles. The van der Waals surface area contributed by atoms with E-state index in [2.05, 4.69) is 14.2 Å². The van der Waals surface area contributed by atoms with Gasteiger partial charge in [0.1, 0.15) is 0 Å². The molecule has 0 spiro atoms. The van der Waals surface area contributed by atoms with Gasteiger partial charge in [-0.3, -0.25) is 4.90 Å². The highest BCUT2D eigenvalue weighted by Crippen LogP contribution is 2.26. The van der Waals surface area contributed by atoms with Gasteiger partial charge in [0.2, 0.25) is 11.7 Å². The van der Waals surface area contributed by atoms with Crippen LogP contribution in [0.2, 0.25) is 0 Å². The summed E-state index contributed by atoms with van der Waals surface area (Å²) in [5.41, 5.74) is 0. The molecule has 100 valence electrons. The standard InChI is InChI=1S/C10H16N4O3S/c15-14-10(13-3-7-17-8-4-13)9(11-18-14)12-1-5-16-6-2-12/h1-8H2. The van der Waals surface area contributed by atoms with Crippen molar-refractivity contribution in [1.82, 2.24) is 4.37 Å². The van der Waals surface area contributed by atoms with E-state index in [1.807, 2.05) is 0 Å². The predicted octanol–water partition coefficient (Wildman–Crippen LogP) is -0.550. The van der Waals surface area contributed by atoms with Gasteiger partial charge in [0.05, 0.1) is 39.5 Å². The van der Waals surface area contributed by atoms with Crippen LogP contribution in [0.25, 0.3) is 0 Å². The Hall–Kier alpha value is -1.12. The molecule has 0 bridgehead atoms. The van der Waals surface area contributed by atoms with Crippen molar-refractivity contribution in [2.24, 2.45) is 0 Å². The number of hydrogen-bond donors (Lipinski definition) is 0. The lowest BCUT2D eigenvalue weighted by molar-refractivity contribution is -0.516. The topological polar surface area (TPSA) is 64.8 Å². The van der Waals surface area contributed by atoms with Gasteiger partial charge >= 0.3 is 0 Å². The van der Waals surface area contributed by atoms with Gasteiger partial charge in [0, 0.05) is 13.1 Å². The highest BCUT2D eigenvalue weighted by Gasteiger charge is 2.31. The van der Waals surface area contributed by atoms with Gasteiger partial charge in [0.15, 0.2) is 0 Å². The third kappa shape index (κ3) is 2.23. The van der Waals surface area contributed by atoms with Gasteiger partial charge < -0.3 is 19.6 Å². The van der Waals surface area contributed by atoms with E-state index in [0.29, 0.717) is 32.2 Å². The van der Waals surface area contributed by atoms with Crippen LogP contribution >= 0.6 is 11.7 Å². The number of hydrogen-bond acceptors (Lipinski definition) is 7. The van der Waals surface area contributed by atoms with E-state index in [0.717, 1.165) is 47.8 Å². The zero-order chi connectivity index (χ0) is 12.4. The summed E-state index contributed by atoms with van der Waals surface area (Å²) in [4.78, 5) is 4.18. The molecule has 8 heteroatoms. The normalized spacial score (nSPS) is 21.3.